The fourth-order valence-corrected chi connectivity index (χ4v) is 3.50. The standard InChI is InChI=1S/C24H20S/c1-17-16-22(20-10-13-23(25)14-11-20)12-15-24(17)21-8-6-19(7-9-21)18-4-2-3-5-18/h2-4,6-16,25H,5H2,1H3. The zero-order valence-corrected chi connectivity index (χ0v) is 15.1. The molecule has 0 unspecified atom stereocenters. The first-order valence-corrected chi connectivity index (χ1v) is 9.02. The van der Waals surface area contributed by atoms with E-state index in [0.717, 1.165) is 11.3 Å². The summed E-state index contributed by atoms with van der Waals surface area (Å²) in [7, 11) is 0. The van der Waals surface area contributed by atoms with Gasteiger partial charge in [0.2, 0.25) is 0 Å². The molecule has 0 fully saturated rings. The molecule has 0 aliphatic heterocycles. The number of thiol groups is 1. The Morgan fingerprint density at radius 2 is 1.36 bits per heavy atom. The van der Waals surface area contributed by atoms with Gasteiger partial charge in [-0.3, -0.25) is 0 Å². The van der Waals surface area contributed by atoms with Crippen LogP contribution in [0, 0.1) is 6.92 Å². The Balaban J connectivity index is 1.63. The second kappa shape index (κ2) is 6.78. The van der Waals surface area contributed by atoms with E-state index in [4.69, 9.17) is 0 Å². The Labute approximate surface area is 155 Å². The number of allylic oxidation sites excluding steroid dienone is 4. The molecule has 0 saturated heterocycles. The third-order valence-electron chi connectivity index (χ3n) is 4.76. The number of rotatable bonds is 3. The van der Waals surface area contributed by atoms with Crippen molar-refractivity contribution in [3.63, 3.8) is 0 Å². The van der Waals surface area contributed by atoms with Gasteiger partial charge >= 0.3 is 0 Å². The minimum absolute atomic E-state index is 0.991. The minimum atomic E-state index is 0.991. The van der Waals surface area contributed by atoms with Gasteiger partial charge in [0.1, 0.15) is 0 Å². The fourth-order valence-electron chi connectivity index (χ4n) is 3.35. The summed E-state index contributed by atoms with van der Waals surface area (Å²) in [5, 5.41) is 0. The smallest absolute Gasteiger partial charge is 0.00404 e. The average molecular weight is 340 g/mol. The Morgan fingerprint density at radius 1 is 0.720 bits per heavy atom. The van der Waals surface area contributed by atoms with Crippen molar-refractivity contribution in [3.8, 4) is 22.3 Å². The molecule has 4 rings (SSSR count). The molecule has 0 aromatic heterocycles. The predicted octanol–water partition coefficient (Wildman–Crippen LogP) is 6.96. The summed E-state index contributed by atoms with van der Waals surface area (Å²) in [6.45, 7) is 2.18. The maximum Gasteiger partial charge on any atom is 0.00404 e. The first-order valence-electron chi connectivity index (χ1n) is 8.57. The number of aryl methyl sites for hydroxylation is 1. The lowest BCUT2D eigenvalue weighted by Gasteiger charge is -2.11. The maximum absolute atomic E-state index is 4.36. The molecule has 0 nitrogen and oxygen atoms in total. The van der Waals surface area contributed by atoms with Gasteiger partial charge in [0.15, 0.2) is 0 Å². The number of hydrogen-bond acceptors (Lipinski definition) is 1. The van der Waals surface area contributed by atoms with Gasteiger partial charge in [-0.25, -0.2) is 0 Å². The number of benzene rings is 3. The molecule has 0 radical (unpaired) electrons. The molecule has 1 aliphatic rings. The van der Waals surface area contributed by atoms with Gasteiger partial charge in [0.05, 0.1) is 0 Å². The van der Waals surface area contributed by atoms with Crippen molar-refractivity contribution < 1.29 is 0 Å². The zero-order chi connectivity index (χ0) is 17.2. The van der Waals surface area contributed by atoms with E-state index in [-0.39, 0.29) is 0 Å². The molecule has 3 aromatic carbocycles. The molecule has 122 valence electrons. The van der Waals surface area contributed by atoms with Crippen LogP contribution in [0.15, 0.2) is 89.9 Å². The van der Waals surface area contributed by atoms with Crippen LogP contribution in [0.4, 0.5) is 0 Å². The molecular weight excluding hydrogens is 320 g/mol. The van der Waals surface area contributed by atoms with Gasteiger partial charge in [-0.15, -0.1) is 12.6 Å². The monoisotopic (exact) mass is 340 g/mol. The van der Waals surface area contributed by atoms with Crippen molar-refractivity contribution >= 4 is 18.2 Å². The van der Waals surface area contributed by atoms with Crippen LogP contribution in [0.1, 0.15) is 17.5 Å². The van der Waals surface area contributed by atoms with Crippen LogP contribution < -0.4 is 0 Å². The van der Waals surface area contributed by atoms with E-state index in [9.17, 15) is 0 Å². The average Bonchev–Trinajstić information content (AvgIpc) is 3.17. The van der Waals surface area contributed by atoms with E-state index >= 15 is 0 Å². The van der Waals surface area contributed by atoms with Gasteiger partial charge in [-0.1, -0.05) is 72.8 Å². The summed E-state index contributed by atoms with van der Waals surface area (Å²) >= 11 is 4.36. The Bertz CT molecular complexity index is 958. The van der Waals surface area contributed by atoms with Crippen molar-refractivity contribution in [2.75, 3.05) is 0 Å². The zero-order valence-electron chi connectivity index (χ0n) is 14.2. The molecule has 0 heterocycles. The Morgan fingerprint density at radius 3 is 2.00 bits per heavy atom. The molecule has 0 atom stereocenters. The van der Waals surface area contributed by atoms with Crippen LogP contribution in [0.3, 0.4) is 0 Å². The summed E-state index contributed by atoms with van der Waals surface area (Å²) in [5.74, 6) is 0. The third-order valence-corrected chi connectivity index (χ3v) is 5.06. The van der Waals surface area contributed by atoms with Crippen LogP contribution in [0.5, 0.6) is 0 Å². The van der Waals surface area contributed by atoms with Gasteiger partial charge in [0, 0.05) is 4.90 Å². The van der Waals surface area contributed by atoms with Crippen LogP contribution in [-0.2, 0) is 0 Å². The van der Waals surface area contributed by atoms with E-state index in [2.05, 4.69) is 92.4 Å². The van der Waals surface area contributed by atoms with E-state index in [1.54, 1.807) is 0 Å². The van der Waals surface area contributed by atoms with Crippen LogP contribution in [0.2, 0.25) is 0 Å². The normalized spacial score (nSPS) is 13.1. The van der Waals surface area contributed by atoms with Crippen LogP contribution in [-0.4, -0.2) is 0 Å². The summed E-state index contributed by atoms with van der Waals surface area (Å²) in [6, 6.07) is 23.9. The first-order chi connectivity index (χ1) is 12.2. The van der Waals surface area contributed by atoms with Crippen molar-refractivity contribution in [1.82, 2.24) is 0 Å². The second-order valence-corrected chi connectivity index (χ2v) is 6.99. The summed E-state index contributed by atoms with van der Waals surface area (Å²) in [6.07, 6.45) is 7.57. The van der Waals surface area contributed by atoms with Gasteiger partial charge < -0.3 is 0 Å². The SMILES string of the molecule is Cc1cc(-c2ccc(S)cc2)ccc1-c1ccc(C2=CC=CC2)cc1. The Kier molecular flexibility index (Phi) is 4.33. The van der Waals surface area contributed by atoms with Gasteiger partial charge in [-0.05, 0) is 64.4 Å². The second-order valence-electron chi connectivity index (χ2n) is 6.48. The lowest BCUT2D eigenvalue weighted by molar-refractivity contribution is 1.41. The molecule has 0 bridgehead atoms. The van der Waals surface area contributed by atoms with Crippen LogP contribution >= 0.6 is 12.6 Å². The van der Waals surface area contributed by atoms with Gasteiger partial charge in [0.25, 0.3) is 0 Å². The topological polar surface area (TPSA) is 0 Å². The molecule has 1 heteroatoms. The lowest BCUT2D eigenvalue weighted by atomic mass is 9.94. The largest absolute Gasteiger partial charge is 0.143 e. The summed E-state index contributed by atoms with van der Waals surface area (Å²) < 4.78 is 0. The maximum atomic E-state index is 4.36. The lowest BCUT2D eigenvalue weighted by Crippen LogP contribution is -1.87. The van der Waals surface area contributed by atoms with E-state index < -0.39 is 0 Å². The summed E-state index contributed by atoms with van der Waals surface area (Å²) in [5.41, 5.74) is 9.03. The number of hydrogen-bond donors (Lipinski definition) is 1. The van der Waals surface area contributed by atoms with Crippen molar-refractivity contribution in [2.45, 2.75) is 18.2 Å². The first kappa shape index (κ1) is 16.0. The quantitative estimate of drug-likeness (QED) is 0.489. The highest BCUT2D eigenvalue weighted by Crippen LogP contribution is 2.31. The Hall–Kier alpha value is -2.51. The molecule has 0 N–H and O–H groups in total. The third kappa shape index (κ3) is 3.33. The van der Waals surface area contributed by atoms with Crippen molar-refractivity contribution in [2.24, 2.45) is 0 Å². The van der Waals surface area contributed by atoms with Crippen molar-refractivity contribution in [3.05, 3.63) is 96.1 Å². The molecule has 25 heavy (non-hydrogen) atoms. The molecule has 1 aliphatic carbocycles. The van der Waals surface area contributed by atoms with E-state index in [1.807, 2.05) is 12.1 Å². The van der Waals surface area contributed by atoms with E-state index in [1.165, 1.54) is 39.0 Å². The highest BCUT2D eigenvalue weighted by molar-refractivity contribution is 7.80. The fraction of sp³-hybridized carbons (Fsp3) is 0.0833. The predicted molar refractivity (Wildman–Crippen MR) is 111 cm³/mol. The minimum Gasteiger partial charge on any atom is -0.143 e. The molecule has 0 saturated carbocycles. The molecular formula is C24H20S. The van der Waals surface area contributed by atoms with Crippen molar-refractivity contribution in [1.29, 1.82) is 0 Å². The van der Waals surface area contributed by atoms with Crippen LogP contribution in [0.25, 0.3) is 27.8 Å². The molecule has 0 amide bonds. The molecule has 0 spiro atoms. The highest BCUT2D eigenvalue weighted by atomic mass is 32.1. The molecule has 3 aromatic rings. The summed E-state index contributed by atoms with van der Waals surface area (Å²) in [4.78, 5) is 0.991. The highest BCUT2D eigenvalue weighted by Gasteiger charge is 2.07. The van der Waals surface area contributed by atoms with Gasteiger partial charge in [-0.2, -0.15) is 0 Å². The van der Waals surface area contributed by atoms with E-state index in [0.29, 0.717) is 0 Å².